The van der Waals surface area contributed by atoms with Crippen molar-refractivity contribution in [2.75, 3.05) is 7.05 Å². The summed E-state index contributed by atoms with van der Waals surface area (Å²) in [7, 11) is 2.06. The van der Waals surface area contributed by atoms with Crippen molar-refractivity contribution >= 4 is 11.5 Å². The van der Waals surface area contributed by atoms with Gasteiger partial charge in [-0.2, -0.15) is 0 Å². The number of hydrogen-bond acceptors (Lipinski definition) is 4. The van der Waals surface area contributed by atoms with E-state index in [1.165, 1.54) is 42.7 Å². The number of aryl methyl sites for hydroxylation is 1. The van der Waals surface area contributed by atoms with Crippen molar-refractivity contribution in [3.8, 4) is 0 Å². The summed E-state index contributed by atoms with van der Waals surface area (Å²) in [5, 5.41) is 7.77. The molecule has 0 aliphatic heterocycles. The van der Waals surface area contributed by atoms with Crippen LogP contribution in [0.5, 0.6) is 0 Å². The van der Waals surface area contributed by atoms with Crippen molar-refractivity contribution < 1.29 is 0 Å². The Morgan fingerprint density at radius 2 is 2.00 bits per heavy atom. The first-order chi connectivity index (χ1) is 9.26. The summed E-state index contributed by atoms with van der Waals surface area (Å²) in [6, 6.07) is 0.434. The standard InChI is InChI=1S/C15H29N3S/c1-5-8-10-12(7-3)11-14(16-4)15-13(9-6-2)17-18-19-15/h12,14,16H,5-11H2,1-4H3. The Kier molecular flexibility index (Phi) is 8.22. The van der Waals surface area contributed by atoms with Gasteiger partial charge in [0.05, 0.1) is 10.6 Å². The summed E-state index contributed by atoms with van der Waals surface area (Å²) < 4.78 is 4.16. The molecule has 1 N–H and O–H groups in total. The van der Waals surface area contributed by atoms with Gasteiger partial charge in [-0.25, -0.2) is 0 Å². The number of nitrogens with one attached hydrogen (secondary N) is 1. The zero-order valence-electron chi connectivity index (χ0n) is 12.9. The molecule has 0 spiro atoms. The molecule has 0 fully saturated rings. The minimum atomic E-state index is 0.434. The number of nitrogens with zero attached hydrogens (tertiary/aromatic N) is 2. The molecule has 2 atom stereocenters. The quantitative estimate of drug-likeness (QED) is 0.693. The molecule has 0 aliphatic rings. The van der Waals surface area contributed by atoms with Crippen LogP contribution in [0.4, 0.5) is 0 Å². The highest BCUT2D eigenvalue weighted by Gasteiger charge is 2.20. The lowest BCUT2D eigenvalue weighted by molar-refractivity contribution is 0.366. The molecule has 1 rings (SSSR count). The van der Waals surface area contributed by atoms with E-state index in [4.69, 9.17) is 0 Å². The van der Waals surface area contributed by atoms with Crippen LogP contribution in [0.15, 0.2) is 0 Å². The Hall–Kier alpha value is -0.480. The molecule has 3 nitrogen and oxygen atoms in total. The van der Waals surface area contributed by atoms with Crippen LogP contribution in [-0.4, -0.2) is 16.6 Å². The van der Waals surface area contributed by atoms with Gasteiger partial charge in [0.2, 0.25) is 0 Å². The van der Waals surface area contributed by atoms with Crippen molar-refractivity contribution in [1.29, 1.82) is 0 Å². The first kappa shape index (κ1) is 16.6. The Morgan fingerprint density at radius 1 is 1.21 bits per heavy atom. The predicted octanol–water partition coefficient (Wildman–Crippen LogP) is 4.36. The molecule has 110 valence electrons. The first-order valence-electron chi connectivity index (χ1n) is 7.75. The minimum absolute atomic E-state index is 0.434. The average molecular weight is 283 g/mol. The third-order valence-electron chi connectivity index (χ3n) is 3.85. The van der Waals surface area contributed by atoms with Crippen LogP contribution in [0.1, 0.15) is 75.9 Å². The van der Waals surface area contributed by atoms with Crippen LogP contribution >= 0.6 is 11.5 Å². The smallest absolute Gasteiger partial charge is 0.0803 e. The molecule has 0 aliphatic carbocycles. The van der Waals surface area contributed by atoms with Gasteiger partial charge in [0.25, 0.3) is 0 Å². The second-order valence-corrected chi connectivity index (χ2v) is 6.11. The van der Waals surface area contributed by atoms with E-state index in [1.54, 1.807) is 11.5 Å². The number of aromatic nitrogens is 2. The van der Waals surface area contributed by atoms with Crippen molar-refractivity contribution in [3.05, 3.63) is 10.6 Å². The van der Waals surface area contributed by atoms with Gasteiger partial charge in [0.15, 0.2) is 0 Å². The molecular formula is C15H29N3S. The average Bonchev–Trinajstić information content (AvgIpc) is 2.88. The number of hydrogen-bond donors (Lipinski definition) is 1. The molecule has 0 amide bonds. The normalized spacial score (nSPS) is 14.5. The summed E-state index contributed by atoms with van der Waals surface area (Å²) in [5.74, 6) is 0.814. The van der Waals surface area contributed by atoms with Crippen LogP contribution < -0.4 is 5.32 Å². The summed E-state index contributed by atoms with van der Waals surface area (Å²) in [6.45, 7) is 6.78. The van der Waals surface area contributed by atoms with E-state index in [-0.39, 0.29) is 0 Å². The lowest BCUT2D eigenvalue weighted by Gasteiger charge is -2.22. The van der Waals surface area contributed by atoms with Crippen LogP contribution in [-0.2, 0) is 6.42 Å². The summed E-state index contributed by atoms with van der Waals surface area (Å²) in [4.78, 5) is 1.36. The van der Waals surface area contributed by atoms with E-state index in [0.29, 0.717) is 6.04 Å². The van der Waals surface area contributed by atoms with E-state index in [0.717, 1.165) is 18.8 Å². The van der Waals surface area contributed by atoms with Crippen molar-refractivity contribution in [3.63, 3.8) is 0 Å². The highest BCUT2D eigenvalue weighted by atomic mass is 32.1. The zero-order chi connectivity index (χ0) is 14.1. The minimum Gasteiger partial charge on any atom is -0.312 e. The fourth-order valence-electron chi connectivity index (χ4n) is 2.56. The first-order valence-corrected chi connectivity index (χ1v) is 8.52. The van der Waals surface area contributed by atoms with E-state index in [1.807, 2.05) is 0 Å². The molecular weight excluding hydrogens is 254 g/mol. The van der Waals surface area contributed by atoms with Crippen LogP contribution in [0.2, 0.25) is 0 Å². The molecule has 0 radical (unpaired) electrons. The van der Waals surface area contributed by atoms with Crippen molar-refractivity contribution in [1.82, 2.24) is 14.9 Å². The predicted molar refractivity (Wildman–Crippen MR) is 83.6 cm³/mol. The Bertz CT molecular complexity index is 338. The Morgan fingerprint density at radius 3 is 2.58 bits per heavy atom. The molecule has 0 saturated heterocycles. The third kappa shape index (κ3) is 5.19. The molecule has 2 unspecified atom stereocenters. The number of unbranched alkanes of at least 4 members (excludes halogenated alkanes) is 1. The topological polar surface area (TPSA) is 37.8 Å². The van der Waals surface area contributed by atoms with Gasteiger partial charge < -0.3 is 5.32 Å². The summed E-state index contributed by atoms with van der Waals surface area (Å²) >= 11 is 1.57. The second kappa shape index (κ2) is 9.43. The molecule has 1 heterocycles. The van der Waals surface area contributed by atoms with Gasteiger partial charge >= 0.3 is 0 Å². The highest BCUT2D eigenvalue weighted by molar-refractivity contribution is 7.05. The fourth-order valence-corrected chi connectivity index (χ4v) is 3.38. The summed E-state index contributed by atoms with van der Waals surface area (Å²) in [6.07, 6.45) is 8.67. The maximum Gasteiger partial charge on any atom is 0.0803 e. The van der Waals surface area contributed by atoms with Gasteiger partial charge in [-0.1, -0.05) is 57.4 Å². The molecule has 19 heavy (non-hydrogen) atoms. The van der Waals surface area contributed by atoms with Crippen LogP contribution in [0, 0.1) is 5.92 Å². The summed E-state index contributed by atoms with van der Waals surface area (Å²) in [5.41, 5.74) is 1.21. The van der Waals surface area contributed by atoms with Crippen molar-refractivity contribution in [2.45, 2.75) is 71.8 Å². The van der Waals surface area contributed by atoms with Gasteiger partial charge in [0.1, 0.15) is 0 Å². The van der Waals surface area contributed by atoms with Gasteiger partial charge in [-0.3, -0.25) is 0 Å². The maximum absolute atomic E-state index is 4.30. The zero-order valence-corrected chi connectivity index (χ0v) is 13.7. The number of rotatable bonds is 10. The lowest BCUT2D eigenvalue weighted by atomic mass is 9.91. The molecule has 1 aromatic heterocycles. The van der Waals surface area contributed by atoms with Crippen molar-refractivity contribution in [2.24, 2.45) is 5.92 Å². The molecule has 1 aromatic rings. The molecule has 0 bridgehead atoms. The second-order valence-electron chi connectivity index (χ2n) is 5.33. The third-order valence-corrected chi connectivity index (χ3v) is 4.73. The van der Waals surface area contributed by atoms with E-state index >= 15 is 0 Å². The fraction of sp³-hybridized carbons (Fsp3) is 0.867. The maximum atomic E-state index is 4.30. The lowest BCUT2D eigenvalue weighted by Crippen LogP contribution is -2.20. The monoisotopic (exact) mass is 283 g/mol. The van der Waals surface area contributed by atoms with Crippen LogP contribution in [0.25, 0.3) is 0 Å². The van der Waals surface area contributed by atoms with E-state index in [9.17, 15) is 0 Å². The van der Waals surface area contributed by atoms with Crippen LogP contribution in [0.3, 0.4) is 0 Å². The Balaban J connectivity index is 2.67. The SMILES string of the molecule is CCCCC(CC)CC(NC)c1snnc1CCC. The van der Waals surface area contributed by atoms with Gasteiger partial charge in [-0.05, 0) is 37.3 Å². The van der Waals surface area contributed by atoms with E-state index < -0.39 is 0 Å². The van der Waals surface area contributed by atoms with Gasteiger partial charge in [0, 0.05) is 6.04 Å². The molecule has 4 heteroatoms. The largest absolute Gasteiger partial charge is 0.312 e. The Labute approximate surface area is 122 Å². The molecule has 0 aromatic carbocycles. The highest BCUT2D eigenvalue weighted by Crippen LogP contribution is 2.30. The van der Waals surface area contributed by atoms with E-state index in [2.05, 4.69) is 42.7 Å². The molecule has 0 saturated carbocycles. The van der Waals surface area contributed by atoms with Gasteiger partial charge in [-0.15, -0.1) is 5.10 Å².